The maximum absolute atomic E-state index is 12.2. The lowest BCUT2D eigenvalue weighted by molar-refractivity contribution is -0.129. The van der Waals surface area contributed by atoms with Gasteiger partial charge in [-0.2, -0.15) is 5.10 Å². The summed E-state index contributed by atoms with van der Waals surface area (Å²) in [5, 5.41) is 7.22. The van der Waals surface area contributed by atoms with Crippen molar-refractivity contribution in [1.82, 2.24) is 15.1 Å². The Kier molecular flexibility index (Phi) is 7.55. The average molecular weight is 392 g/mol. The van der Waals surface area contributed by atoms with Crippen molar-refractivity contribution in [2.75, 3.05) is 0 Å². The number of carbonyl (C=O) groups excluding carboxylic acids is 2. The molecule has 1 aromatic carbocycles. The molecule has 1 amide bonds. The van der Waals surface area contributed by atoms with Crippen molar-refractivity contribution in [3.05, 3.63) is 63.0 Å². The lowest BCUT2D eigenvalue weighted by Gasteiger charge is -2.14. The highest BCUT2D eigenvalue weighted by Crippen LogP contribution is 2.14. The highest BCUT2D eigenvalue weighted by atomic mass is 35.5. The van der Waals surface area contributed by atoms with E-state index in [1.807, 2.05) is 13.0 Å². The van der Waals surface area contributed by atoms with Crippen molar-refractivity contribution >= 4 is 23.5 Å². The predicted octanol–water partition coefficient (Wildman–Crippen LogP) is 2.56. The molecule has 27 heavy (non-hydrogen) atoms. The number of aromatic nitrogens is 2. The van der Waals surface area contributed by atoms with E-state index >= 15 is 0 Å². The normalized spacial score (nSPS) is 11.7. The number of carbonyl (C=O) groups is 2. The Hall–Kier alpha value is -2.67. The van der Waals surface area contributed by atoms with Gasteiger partial charge < -0.3 is 10.1 Å². The van der Waals surface area contributed by atoms with Gasteiger partial charge >= 0.3 is 5.97 Å². The number of ether oxygens (including phenoxy) is 1. The first-order valence-corrected chi connectivity index (χ1v) is 9.10. The summed E-state index contributed by atoms with van der Waals surface area (Å²) in [4.78, 5) is 36.1. The number of nitrogens with zero attached hydrogens (tertiary/aromatic N) is 2. The Morgan fingerprint density at radius 1 is 1.26 bits per heavy atom. The molecule has 1 N–H and O–H groups in total. The lowest BCUT2D eigenvalue weighted by Crippen LogP contribution is -2.36. The Morgan fingerprint density at radius 3 is 2.70 bits per heavy atom. The largest absolute Gasteiger partial charge is 0.448 e. The molecule has 1 heterocycles. The molecule has 2 rings (SSSR count). The average Bonchev–Trinajstić information content (AvgIpc) is 2.66. The third-order valence-electron chi connectivity index (χ3n) is 3.86. The van der Waals surface area contributed by atoms with Crippen LogP contribution in [0.15, 0.2) is 41.2 Å². The van der Waals surface area contributed by atoms with E-state index in [2.05, 4.69) is 10.4 Å². The van der Waals surface area contributed by atoms with Gasteiger partial charge in [0.15, 0.2) is 11.8 Å². The van der Waals surface area contributed by atoms with E-state index in [9.17, 15) is 14.4 Å². The van der Waals surface area contributed by atoms with Crippen LogP contribution in [-0.4, -0.2) is 27.8 Å². The number of unbranched alkanes of at least 4 members (excludes halogenated alkanes) is 1. The molecule has 8 heteroatoms. The smallest absolute Gasteiger partial charge is 0.359 e. The summed E-state index contributed by atoms with van der Waals surface area (Å²) < 4.78 is 6.38. The number of hydrogen-bond donors (Lipinski definition) is 1. The van der Waals surface area contributed by atoms with Gasteiger partial charge in [-0.25, -0.2) is 9.48 Å². The van der Waals surface area contributed by atoms with Crippen molar-refractivity contribution in [3.8, 4) is 0 Å². The molecular formula is C19H22ClN3O4. The Balaban J connectivity index is 1.95. The Bertz CT molecular complexity index is 866. The van der Waals surface area contributed by atoms with Crippen LogP contribution in [0, 0.1) is 0 Å². The number of benzene rings is 1. The van der Waals surface area contributed by atoms with Crippen LogP contribution in [0.1, 0.15) is 42.7 Å². The van der Waals surface area contributed by atoms with Gasteiger partial charge in [0.1, 0.15) is 0 Å². The number of hydrogen-bond acceptors (Lipinski definition) is 5. The molecule has 2 aromatic rings. The van der Waals surface area contributed by atoms with Crippen LogP contribution >= 0.6 is 11.6 Å². The van der Waals surface area contributed by atoms with Crippen LogP contribution in [0.25, 0.3) is 0 Å². The summed E-state index contributed by atoms with van der Waals surface area (Å²) in [7, 11) is 0. The molecule has 0 aliphatic heterocycles. The lowest BCUT2D eigenvalue weighted by atomic mass is 10.2. The Labute approximate surface area is 162 Å². The number of esters is 1. The molecule has 0 aliphatic rings. The molecule has 0 spiro atoms. The van der Waals surface area contributed by atoms with Crippen LogP contribution in [0.5, 0.6) is 0 Å². The zero-order chi connectivity index (χ0) is 19.8. The molecule has 7 nitrogen and oxygen atoms in total. The second-order valence-corrected chi connectivity index (χ2v) is 6.40. The molecule has 0 aliphatic carbocycles. The van der Waals surface area contributed by atoms with Gasteiger partial charge in [0, 0.05) is 24.2 Å². The number of amides is 1. The molecular weight excluding hydrogens is 370 g/mol. The van der Waals surface area contributed by atoms with Crippen molar-refractivity contribution in [3.63, 3.8) is 0 Å². The van der Waals surface area contributed by atoms with Gasteiger partial charge in [0.25, 0.3) is 11.5 Å². The van der Waals surface area contributed by atoms with Gasteiger partial charge in [-0.15, -0.1) is 0 Å². The molecule has 144 valence electrons. The molecule has 0 saturated carbocycles. The van der Waals surface area contributed by atoms with Crippen LogP contribution in [-0.2, 0) is 22.6 Å². The minimum absolute atomic E-state index is 0.0172. The van der Waals surface area contributed by atoms with E-state index in [0.717, 1.165) is 18.4 Å². The summed E-state index contributed by atoms with van der Waals surface area (Å²) in [5.41, 5.74) is 0.456. The second-order valence-electron chi connectivity index (χ2n) is 5.99. The van der Waals surface area contributed by atoms with Gasteiger partial charge in [-0.3, -0.25) is 9.59 Å². The first-order valence-electron chi connectivity index (χ1n) is 8.72. The van der Waals surface area contributed by atoms with E-state index in [1.54, 1.807) is 18.2 Å². The third-order valence-corrected chi connectivity index (χ3v) is 4.23. The van der Waals surface area contributed by atoms with E-state index in [1.165, 1.54) is 23.7 Å². The minimum Gasteiger partial charge on any atom is -0.448 e. The molecule has 0 bridgehead atoms. The van der Waals surface area contributed by atoms with E-state index in [-0.39, 0.29) is 17.8 Å². The van der Waals surface area contributed by atoms with Crippen molar-refractivity contribution in [2.45, 2.75) is 45.9 Å². The SMILES string of the molecule is CCCCn1nc(C(=O)OC(C)C(=O)NCc2ccccc2Cl)ccc1=O. The fourth-order valence-corrected chi connectivity index (χ4v) is 2.47. The monoisotopic (exact) mass is 391 g/mol. The van der Waals surface area contributed by atoms with Crippen molar-refractivity contribution in [2.24, 2.45) is 0 Å². The summed E-state index contributed by atoms with van der Waals surface area (Å²) in [6, 6.07) is 9.69. The number of nitrogens with one attached hydrogen (secondary N) is 1. The van der Waals surface area contributed by atoms with E-state index in [0.29, 0.717) is 11.6 Å². The second kappa shape index (κ2) is 9.87. The zero-order valence-corrected chi connectivity index (χ0v) is 16.0. The van der Waals surface area contributed by atoms with Crippen molar-refractivity contribution < 1.29 is 14.3 Å². The third kappa shape index (κ3) is 5.92. The molecule has 0 saturated heterocycles. The highest BCUT2D eigenvalue weighted by Gasteiger charge is 2.20. The van der Waals surface area contributed by atoms with Crippen LogP contribution < -0.4 is 10.9 Å². The number of rotatable bonds is 8. The minimum atomic E-state index is -1.02. The summed E-state index contributed by atoms with van der Waals surface area (Å²) >= 11 is 6.04. The topological polar surface area (TPSA) is 90.3 Å². The van der Waals surface area contributed by atoms with Crippen LogP contribution in [0.2, 0.25) is 5.02 Å². The standard InChI is InChI=1S/C19H22ClN3O4/c1-3-4-11-23-17(24)10-9-16(22-23)19(26)27-13(2)18(25)21-12-14-7-5-6-8-15(14)20/h5-10,13H,3-4,11-12H2,1-2H3,(H,21,25). The fraction of sp³-hybridized carbons (Fsp3) is 0.368. The van der Waals surface area contributed by atoms with E-state index < -0.39 is 18.0 Å². The molecule has 1 atom stereocenters. The Morgan fingerprint density at radius 2 is 2.00 bits per heavy atom. The summed E-state index contributed by atoms with van der Waals surface area (Å²) in [5.74, 6) is -1.22. The number of aryl methyl sites for hydroxylation is 1. The number of halogens is 1. The maximum Gasteiger partial charge on any atom is 0.359 e. The molecule has 0 radical (unpaired) electrons. The van der Waals surface area contributed by atoms with Crippen LogP contribution in [0.3, 0.4) is 0 Å². The molecule has 1 unspecified atom stereocenters. The van der Waals surface area contributed by atoms with Crippen molar-refractivity contribution in [1.29, 1.82) is 0 Å². The zero-order valence-electron chi connectivity index (χ0n) is 15.3. The van der Waals surface area contributed by atoms with Gasteiger partial charge in [-0.05, 0) is 31.0 Å². The van der Waals surface area contributed by atoms with Gasteiger partial charge in [0.2, 0.25) is 0 Å². The predicted molar refractivity (Wildman–Crippen MR) is 102 cm³/mol. The first kappa shape index (κ1) is 20.6. The van der Waals surface area contributed by atoms with Gasteiger partial charge in [-0.1, -0.05) is 43.1 Å². The van der Waals surface area contributed by atoms with E-state index in [4.69, 9.17) is 16.3 Å². The fourth-order valence-electron chi connectivity index (χ4n) is 2.27. The first-order chi connectivity index (χ1) is 12.9. The quantitative estimate of drug-likeness (QED) is 0.698. The molecule has 1 aromatic heterocycles. The maximum atomic E-state index is 12.2. The summed E-state index contributed by atoms with van der Waals surface area (Å²) in [6.45, 7) is 4.10. The van der Waals surface area contributed by atoms with Crippen LogP contribution in [0.4, 0.5) is 0 Å². The highest BCUT2D eigenvalue weighted by molar-refractivity contribution is 6.31. The molecule has 0 fully saturated rings. The summed E-state index contributed by atoms with van der Waals surface area (Å²) in [6.07, 6.45) is 0.648. The van der Waals surface area contributed by atoms with Gasteiger partial charge in [0.05, 0.1) is 0 Å².